The first-order chi connectivity index (χ1) is 16.0. The van der Waals surface area contributed by atoms with Crippen molar-refractivity contribution >= 4 is 28.6 Å². The summed E-state index contributed by atoms with van der Waals surface area (Å²) in [4.78, 5) is 15.5. The molecule has 1 aromatic carbocycles. The van der Waals surface area contributed by atoms with Crippen molar-refractivity contribution in [3.05, 3.63) is 47.5 Å². The summed E-state index contributed by atoms with van der Waals surface area (Å²) in [6.07, 6.45) is 2.09. The highest BCUT2D eigenvalue weighted by Crippen LogP contribution is 2.33. The number of nitrogens with one attached hydrogen (secondary N) is 1. The molecule has 5 rings (SSSR count). The second-order valence-corrected chi connectivity index (χ2v) is 9.52. The summed E-state index contributed by atoms with van der Waals surface area (Å²) in [6, 6.07) is 7.59. The normalized spacial score (nSPS) is 28.4. The number of hydrogen-bond donors (Lipinski definition) is 3. The molecule has 2 aliphatic rings. The molecule has 2 aliphatic heterocycles. The minimum absolute atomic E-state index is 0.477. The van der Waals surface area contributed by atoms with Crippen molar-refractivity contribution in [3.63, 3.8) is 0 Å². The molecule has 0 aliphatic carbocycles. The van der Waals surface area contributed by atoms with E-state index in [-0.39, 0.29) is 0 Å². The lowest BCUT2D eigenvalue weighted by molar-refractivity contribution is -0.0470. The van der Waals surface area contributed by atoms with Crippen LogP contribution in [0.4, 0.5) is 5.82 Å². The van der Waals surface area contributed by atoms with Gasteiger partial charge in [-0.25, -0.2) is 15.0 Å². The monoisotopic (exact) mass is 472 g/mol. The fourth-order valence-electron chi connectivity index (χ4n) is 4.82. The number of ether oxygens (including phenoxy) is 1. The molecule has 3 N–H and O–H groups in total. The zero-order chi connectivity index (χ0) is 22.9. The predicted octanol–water partition coefficient (Wildman–Crippen LogP) is 2.44. The Morgan fingerprint density at radius 3 is 2.91 bits per heavy atom. The molecule has 2 fully saturated rings. The highest BCUT2D eigenvalue weighted by atomic mass is 35.5. The van der Waals surface area contributed by atoms with Crippen molar-refractivity contribution in [3.8, 4) is 0 Å². The van der Waals surface area contributed by atoms with Crippen molar-refractivity contribution in [1.82, 2.24) is 24.4 Å². The molecule has 5 atom stereocenters. The molecule has 33 heavy (non-hydrogen) atoms. The van der Waals surface area contributed by atoms with E-state index in [0.717, 1.165) is 25.1 Å². The number of halogens is 1. The Balaban J connectivity index is 1.32. The van der Waals surface area contributed by atoms with Gasteiger partial charge in [0, 0.05) is 24.7 Å². The minimum atomic E-state index is -1.08. The molecular formula is C23H29ClN6O3. The molecule has 10 heteroatoms. The highest BCUT2D eigenvalue weighted by molar-refractivity contribution is 6.30. The van der Waals surface area contributed by atoms with Gasteiger partial charge in [0.1, 0.15) is 24.6 Å². The Hall–Kier alpha value is -2.30. The molecule has 3 aromatic rings. The summed E-state index contributed by atoms with van der Waals surface area (Å²) >= 11 is 6.07. The lowest BCUT2D eigenvalue weighted by Crippen LogP contribution is -2.43. The average molecular weight is 473 g/mol. The van der Waals surface area contributed by atoms with Crippen LogP contribution in [-0.2, 0) is 11.3 Å². The topological polar surface area (TPSA) is 109 Å². The number of hydrogen-bond acceptors (Lipinski definition) is 8. The maximum atomic E-state index is 10.8. The first kappa shape index (κ1) is 22.5. The van der Waals surface area contributed by atoms with Gasteiger partial charge in [0.15, 0.2) is 23.2 Å². The third-order valence-electron chi connectivity index (χ3n) is 6.50. The van der Waals surface area contributed by atoms with Gasteiger partial charge in [-0.05, 0) is 43.0 Å². The molecule has 176 valence electrons. The third-order valence-corrected chi connectivity index (χ3v) is 6.73. The van der Waals surface area contributed by atoms with Crippen LogP contribution in [0.15, 0.2) is 36.9 Å². The Kier molecular flexibility index (Phi) is 6.49. The van der Waals surface area contributed by atoms with Crippen LogP contribution in [0.3, 0.4) is 0 Å². The number of aliphatic hydroxyl groups is 2. The van der Waals surface area contributed by atoms with Crippen molar-refractivity contribution in [2.75, 3.05) is 25.0 Å². The van der Waals surface area contributed by atoms with Gasteiger partial charge in [-0.3, -0.25) is 4.57 Å². The second-order valence-electron chi connectivity index (χ2n) is 9.08. The molecule has 2 saturated heterocycles. The zero-order valence-electron chi connectivity index (χ0n) is 18.5. The van der Waals surface area contributed by atoms with E-state index in [0.29, 0.717) is 41.0 Å². The molecule has 0 spiro atoms. The Labute approximate surface area is 197 Å². The molecule has 9 nitrogen and oxygen atoms in total. The van der Waals surface area contributed by atoms with E-state index >= 15 is 0 Å². The van der Waals surface area contributed by atoms with E-state index in [1.54, 1.807) is 10.9 Å². The van der Waals surface area contributed by atoms with Gasteiger partial charge in [-0.2, -0.15) is 0 Å². The van der Waals surface area contributed by atoms with Crippen LogP contribution in [0.2, 0.25) is 5.02 Å². The molecular weight excluding hydrogens is 444 g/mol. The molecule has 0 saturated carbocycles. The maximum absolute atomic E-state index is 10.8. The zero-order valence-corrected chi connectivity index (χ0v) is 19.3. The number of aliphatic hydroxyl groups excluding tert-OH is 2. The number of likely N-dealkylation sites (tertiary alicyclic amines) is 1. The van der Waals surface area contributed by atoms with Crippen LogP contribution in [0.1, 0.15) is 31.6 Å². The maximum Gasteiger partial charge on any atom is 0.167 e. The fraction of sp³-hybridized carbons (Fsp3) is 0.522. The summed E-state index contributed by atoms with van der Waals surface area (Å²) in [7, 11) is 0. The first-order valence-corrected chi connectivity index (χ1v) is 11.8. The van der Waals surface area contributed by atoms with Gasteiger partial charge in [-0.15, -0.1) is 0 Å². The average Bonchev–Trinajstić information content (AvgIpc) is 3.35. The minimum Gasteiger partial charge on any atom is -0.387 e. The fourth-order valence-corrected chi connectivity index (χ4v) is 5.03. The summed E-state index contributed by atoms with van der Waals surface area (Å²) in [5.74, 6) is 1.20. The number of fused-ring (bicyclic) bond motifs is 1. The van der Waals surface area contributed by atoms with E-state index in [9.17, 15) is 10.2 Å². The smallest absolute Gasteiger partial charge is 0.167 e. The van der Waals surface area contributed by atoms with E-state index < -0.39 is 24.5 Å². The van der Waals surface area contributed by atoms with Crippen LogP contribution in [0, 0.1) is 5.92 Å². The van der Waals surface area contributed by atoms with Gasteiger partial charge in [0.05, 0.1) is 6.33 Å². The number of benzene rings is 1. The summed E-state index contributed by atoms with van der Waals surface area (Å²) in [5, 5.41) is 25.4. The first-order valence-electron chi connectivity index (χ1n) is 11.4. The Morgan fingerprint density at radius 1 is 1.21 bits per heavy atom. The Morgan fingerprint density at radius 2 is 2.09 bits per heavy atom. The van der Waals surface area contributed by atoms with Crippen LogP contribution in [-0.4, -0.2) is 72.6 Å². The summed E-state index contributed by atoms with van der Waals surface area (Å²) < 4.78 is 7.82. The van der Waals surface area contributed by atoms with E-state index in [2.05, 4.69) is 32.1 Å². The van der Waals surface area contributed by atoms with Crippen LogP contribution in [0.5, 0.6) is 0 Å². The van der Waals surface area contributed by atoms with Crippen molar-refractivity contribution in [1.29, 1.82) is 0 Å². The van der Waals surface area contributed by atoms with Crippen LogP contribution >= 0.6 is 11.6 Å². The molecule has 1 unspecified atom stereocenters. The van der Waals surface area contributed by atoms with E-state index in [1.165, 1.54) is 12.7 Å². The molecule has 0 amide bonds. The van der Waals surface area contributed by atoms with Gasteiger partial charge in [0.25, 0.3) is 0 Å². The SMILES string of the molecule is CC1CCCN(C[C@H]2O[C@@H](n3cnc4c(NCc5cccc(Cl)c5)ncnc43)[C@H](O)[C@@H]2O)C1. The summed E-state index contributed by atoms with van der Waals surface area (Å²) in [6.45, 7) is 5.33. The largest absolute Gasteiger partial charge is 0.387 e. The number of rotatable bonds is 6. The number of imidazole rings is 1. The third kappa shape index (κ3) is 4.69. The van der Waals surface area contributed by atoms with Crippen molar-refractivity contribution in [2.45, 2.75) is 50.8 Å². The number of anilines is 1. The van der Waals surface area contributed by atoms with E-state index in [4.69, 9.17) is 16.3 Å². The van der Waals surface area contributed by atoms with Crippen molar-refractivity contribution in [2.24, 2.45) is 5.92 Å². The molecule has 0 bridgehead atoms. The number of aromatic nitrogens is 4. The standard InChI is InChI=1S/C23H29ClN6O3/c1-14-4-3-7-29(10-14)11-17-19(31)20(32)23(33-17)30-13-28-18-21(26-12-27-22(18)30)25-9-15-5-2-6-16(24)8-15/h2,5-6,8,12-14,17,19-20,23,31-32H,3-4,7,9-11H2,1H3,(H,25,26,27)/t14?,17-,19-,20-,23-/m1/s1. The lowest BCUT2D eigenvalue weighted by atomic mass is 9.99. The predicted molar refractivity (Wildman–Crippen MR) is 125 cm³/mol. The molecule has 4 heterocycles. The van der Waals surface area contributed by atoms with Crippen LogP contribution in [0.25, 0.3) is 11.2 Å². The molecule has 0 radical (unpaired) electrons. The highest BCUT2D eigenvalue weighted by Gasteiger charge is 2.45. The summed E-state index contributed by atoms with van der Waals surface area (Å²) in [5.41, 5.74) is 2.11. The molecule has 2 aromatic heterocycles. The van der Waals surface area contributed by atoms with Gasteiger partial charge >= 0.3 is 0 Å². The van der Waals surface area contributed by atoms with E-state index in [1.807, 2.05) is 24.3 Å². The lowest BCUT2D eigenvalue weighted by Gasteiger charge is -2.33. The van der Waals surface area contributed by atoms with Gasteiger partial charge in [-0.1, -0.05) is 30.7 Å². The number of piperidine rings is 1. The Bertz CT molecular complexity index is 1110. The van der Waals surface area contributed by atoms with Crippen LogP contribution < -0.4 is 5.32 Å². The van der Waals surface area contributed by atoms with Gasteiger partial charge < -0.3 is 25.2 Å². The quantitative estimate of drug-likeness (QED) is 0.502. The number of nitrogens with zero attached hydrogens (tertiary/aromatic N) is 5. The second kappa shape index (κ2) is 9.52. The van der Waals surface area contributed by atoms with Gasteiger partial charge in [0.2, 0.25) is 0 Å². The van der Waals surface area contributed by atoms with Crippen molar-refractivity contribution < 1.29 is 14.9 Å².